The molecule has 1 unspecified atom stereocenters. The second-order valence-electron chi connectivity index (χ2n) is 6.07. The lowest BCUT2D eigenvalue weighted by Gasteiger charge is -2.07. The first kappa shape index (κ1) is 16.7. The van der Waals surface area contributed by atoms with E-state index in [0.717, 1.165) is 6.42 Å². The summed E-state index contributed by atoms with van der Waals surface area (Å²) in [5.74, 6) is 0.891. The maximum Gasteiger partial charge on any atom is 0.264 e. The van der Waals surface area contributed by atoms with E-state index < -0.39 is 10.0 Å². The summed E-state index contributed by atoms with van der Waals surface area (Å²) in [6.07, 6.45) is 0.872. The zero-order chi connectivity index (χ0) is 16.5. The molecule has 0 saturated carbocycles. The third-order valence-electron chi connectivity index (χ3n) is 3.98. The van der Waals surface area contributed by atoms with E-state index in [-0.39, 0.29) is 6.04 Å². The average Bonchev–Trinajstić information content (AvgIpc) is 2.68. The lowest BCUT2D eigenvalue weighted by molar-refractivity contribution is 0.603. The van der Waals surface area contributed by atoms with Crippen LogP contribution in [0.1, 0.15) is 58.1 Å². The maximum absolute atomic E-state index is 12.4. The number of hydrogen-bond acceptors (Lipinski definition) is 3. The second-order valence-corrected chi connectivity index (χ2v) is 7.69. The highest BCUT2D eigenvalue weighted by Gasteiger charge is 2.32. The summed E-state index contributed by atoms with van der Waals surface area (Å²) < 4.78 is 27.4. The summed E-state index contributed by atoms with van der Waals surface area (Å²) >= 11 is 0. The molecule has 22 heavy (non-hydrogen) atoms. The summed E-state index contributed by atoms with van der Waals surface area (Å²) in [4.78, 5) is 4.80. The van der Waals surface area contributed by atoms with Crippen molar-refractivity contribution in [2.75, 3.05) is 0 Å². The van der Waals surface area contributed by atoms with E-state index in [2.05, 4.69) is 23.6 Å². The minimum absolute atomic E-state index is 0.0929. The van der Waals surface area contributed by atoms with Crippen molar-refractivity contribution in [3.8, 4) is 0 Å². The Labute approximate surface area is 133 Å². The first-order valence-corrected chi connectivity index (χ1v) is 9.16. The number of rotatable bonds is 4. The molecular formula is C17H24N2O2S. The SMILES string of the molecule is CCC(C)N=C1NS(=O)(=O)C(c2ccc(C(C)C)cc2)=C1C. The van der Waals surface area contributed by atoms with Crippen LogP contribution in [-0.2, 0) is 10.0 Å². The molecule has 2 rings (SSSR count). The first-order valence-electron chi connectivity index (χ1n) is 7.68. The Bertz CT molecular complexity index is 714. The second kappa shape index (κ2) is 6.24. The summed E-state index contributed by atoms with van der Waals surface area (Å²) in [5.41, 5.74) is 2.60. The normalized spacial score (nSPS) is 20.5. The average molecular weight is 320 g/mol. The molecule has 1 atom stereocenters. The van der Waals surface area contributed by atoms with Crippen molar-refractivity contribution in [2.24, 2.45) is 4.99 Å². The molecular weight excluding hydrogens is 296 g/mol. The number of benzene rings is 1. The minimum atomic E-state index is -3.53. The van der Waals surface area contributed by atoms with Crippen molar-refractivity contribution in [2.45, 2.75) is 53.0 Å². The Hall–Kier alpha value is -1.62. The van der Waals surface area contributed by atoms with E-state index in [4.69, 9.17) is 0 Å². The molecule has 0 aromatic heterocycles. The molecule has 1 aromatic carbocycles. The largest absolute Gasteiger partial charge is 0.264 e. The van der Waals surface area contributed by atoms with E-state index in [9.17, 15) is 8.42 Å². The van der Waals surface area contributed by atoms with Crippen molar-refractivity contribution in [1.29, 1.82) is 0 Å². The zero-order valence-electron chi connectivity index (χ0n) is 13.8. The van der Waals surface area contributed by atoms with E-state index >= 15 is 0 Å². The standard InChI is InChI=1S/C17H24N2O2S/c1-6-12(4)18-17-13(5)16(22(20,21)19-17)15-9-7-14(8-10-15)11(2)3/h7-12H,6H2,1-5H3,(H,18,19). The van der Waals surface area contributed by atoms with Gasteiger partial charge in [-0.25, -0.2) is 8.42 Å². The number of hydrogen-bond donors (Lipinski definition) is 1. The van der Waals surface area contributed by atoms with Gasteiger partial charge in [0.05, 0.1) is 0 Å². The van der Waals surface area contributed by atoms with Crippen LogP contribution in [0, 0.1) is 0 Å². The highest BCUT2D eigenvalue weighted by molar-refractivity contribution is 8.00. The summed E-state index contributed by atoms with van der Waals surface area (Å²) in [7, 11) is -3.53. The Morgan fingerprint density at radius 3 is 2.23 bits per heavy atom. The zero-order valence-corrected chi connectivity index (χ0v) is 14.7. The van der Waals surface area contributed by atoms with Crippen molar-refractivity contribution >= 4 is 20.8 Å². The van der Waals surface area contributed by atoms with Gasteiger partial charge in [0.1, 0.15) is 10.7 Å². The van der Waals surface area contributed by atoms with Crippen LogP contribution in [0.25, 0.3) is 4.91 Å². The molecule has 0 spiro atoms. The van der Waals surface area contributed by atoms with Crippen LogP contribution in [0.2, 0.25) is 0 Å². The lowest BCUT2D eigenvalue weighted by atomic mass is 10.0. The van der Waals surface area contributed by atoms with E-state index in [1.54, 1.807) is 0 Å². The Morgan fingerprint density at radius 1 is 1.14 bits per heavy atom. The molecule has 0 radical (unpaired) electrons. The van der Waals surface area contributed by atoms with Crippen LogP contribution >= 0.6 is 0 Å². The number of nitrogens with one attached hydrogen (secondary N) is 1. The van der Waals surface area contributed by atoms with Gasteiger partial charge in [-0.3, -0.25) is 9.71 Å². The molecule has 1 aromatic rings. The maximum atomic E-state index is 12.4. The Kier molecular flexibility index (Phi) is 4.75. The fourth-order valence-corrected chi connectivity index (χ4v) is 3.90. The molecule has 120 valence electrons. The lowest BCUT2D eigenvalue weighted by Crippen LogP contribution is -2.24. The van der Waals surface area contributed by atoms with Gasteiger partial charge >= 0.3 is 0 Å². The van der Waals surface area contributed by atoms with Gasteiger partial charge in [0.25, 0.3) is 10.0 Å². The monoisotopic (exact) mass is 320 g/mol. The van der Waals surface area contributed by atoms with Gasteiger partial charge in [-0.15, -0.1) is 0 Å². The topological polar surface area (TPSA) is 58.5 Å². The third kappa shape index (κ3) is 3.24. The van der Waals surface area contributed by atoms with Crippen LogP contribution in [0.4, 0.5) is 0 Å². The van der Waals surface area contributed by atoms with Crippen molar-refractivity contribution < 1.29 is 8.42 Å². The Balaban J connectivity index is 2.49. The fraction of sp³-hybridized carbons (Fsp3) is 0.471. The van der Waals surface area contributed by atoms with Crippen LogP contribution in [0.3, 0.4) is 0 Å². The number of aliphatic imine (C=N–C) groups is 1. The van der Waals surface area contributed by atoms with Gasteiger partial charge in [-0.05, 0) is 37.3 Å². The molecule has 1 heterocycles. The van der Waals surface area contributed by atoms with E-state index in [0.29, 0.717) is 27.8 Å². The van der Waals surface area contributed by atoms with Crippen LogP contribution in [0.15, 0.2) is 34.8 Å². The molecule has 0 aliphatic carbocycles. The van der Waals surface area contributed by atoms with Crippen LogP contribution < -0.4 is 4.72 Å². The number of nitrogens with zero attached hydrogens (tertiary/aromatic N) is 1. The van der Waals surface area contributed by atoms with Crippen molar-refractivity contribution in [3.05, 3.63) is 41.0 Å². The molecule has 1 aliphatic rings. The molecule has 1 N–H and O–H groups in total. The number of sulfonamides is 1. The van der Waals surface area contributed by atoms with Crippen molar-refractivity contribution in [3.63, 3.8) is 0 Å². The predicted molar refractivity (Wildman–Crippen MR) is 92.4 cm³/mol. The highest BCUT2D eigenvalue weighted by atomic mass is 32.2. The molecule has 4 nitrogen and oxygen atoms in total. The summed E-state index contributed by atoms with van der Waals surface area (Å²) in [6, 6.07) is 7.81. The van der Waals surface area contributed by atoms with Gasteiger partial charge in [-0.1, -0.05) is 45.0 Å². The van der Waals surface area contributed by atoms with E-state index in [1.165, 1.54) is 5.56 Å². The fourth-order valence-electron chi connectivity index (χ4n) is 2.39. The van der Waals surface area contributed by atoms with Crippen LogP contribution in [0.5, 0.6) is 0 Å². The van der Waals surface area contributed by atoms with Gasteiger partial charge in [0, 0.05) is 11.6 Å². The van der Waals surface area contributed by atoms with Gasteiger partial charge in [0.15, 0.2) is 0 Å². The summed E-state index contributed by atoms with van der Waals surface area (Å²) in [5, 5.41) is 0. The first-order chi connectivity index (χ1) is 10.3. The molecule has 0 saturated heterocycles. The van der Waals surface area contributed by atoms with Crippen molar-refractivity contribution in [1.82, 2.24) is 4.72 Å². The molecule has 0 fully saturated rings. The minimum Gasteiger partial charge on any atom is -0.264 e. The molecule has 0 bridgehead atoms. The number of amidine groups is 1. The molecule has 0 amide bonds. The quantitative estimate of drug-likeness (QED) is 0.920. The molecule has 1 aliphatic heterocycles. The highest BCUT2D eigenvalue weighted by Crippen LogP contribution is 2.30. The van der Waals surface area contributed by atoms with Gasteiger partial charge in [0.2, 0.25) is 0 Å². The molecule has 5 heteroatoms. The summed E-state index contributed by atoms with van der Waals surface area (Å²) in [6.45, 7) is 10.0. The van der Waals surface area contributed by atoms with Gasteiger partial charge in [-0.2, -0.15) is 0 Å². The third-order valence-corrected chi connectivity index (χ3v) is 5.52. The van der Waals surface area contributed by atoms with Gasteiger partial charge < -0.3 is 0 Å². The smallest absolute Gasteiger partial charge is 0.264 e. The Morgan fingerprint density at radius 2 is 1.73 bits per heavy atom. The van der Waals surface area contributed by atoms with Crippen LogP contribution in [-0.4, -0.2) is 20.3 Å². The predicted octanol–water partition coefficient (Wildman–Crippen LogP) is 3.67. The van der Waals surface area contributed by atoms with E-state index in [1.807, 2.05) is 45.0 Å².